The molecule has 0 aromatic heterocycles. The van der Waals surface area contributed by atoms with Crippen LogP contribution in [0, 0.1) is 0 Å². The van der Waals surface area contributed by atoms with E-state index in [9.17, 15) is 4.79 Å². The summed E-state index contributed by atoms with van der Waals surface area (Å²) in [7, 11) is 1.65. The van der Waals surface area contributed by atoms with E-state index in [1.54, 1.807) is 37.4 Å². The molecule has 0 fully saturated rings. The number of halogens is 2. The lowest BCUT2D eigenvalue weighted by Gasteiger charge is -2.18. The Bertz CT molecular complexity index is 582. The second kappa shape index (κ2) is 6.64. The van der Waals surface area contributed by atoms with Crippen LogP contribution in [0.25, 0.3) is 0 Å². The molecule has 0 aliphatic heterocycles. The largest absolute Gasteiger partial charge is 0.484 e. The van der Waals surface area contributed by atoms with Crippen molar-refractivity contribution < 1.29 is 9.53 Å². The lowest BCUT2D eigenvalue weighted by Crippen LogP contribution is -2.31. The maximum Gasteiger partial charge on any atom is 0.264 e. The van der Waals surface area contributed by atoms with Crippen LogP contribution >= 0.6 is 23.2 Å². The van der Waals surface area contributed by atoms with Gasteiger partial charge in [0.25, 0.3) is 5.91 Å². The fourth-order valence-corrected chi connectivity index (χ4v) is 2.15. The molecule has 0 heterocycles. The average molecular weight is 310 g/mol. The van der Waals surface area contributed by atoms with Gasteiger partial charge in [0.15, 0.2) is 6.61 Å². The zero-order valence-electron chi connectivity index (χ0n) is 10.8. The van der Waals surface area contributed by atoms with Crippen LogP contribution in [0.15, 0.2) is 48.5 Å². The third-order valence-corrected chi connectivity index (χ3v) is 3.15. The standard InChI is InChI=1S/C15H13Cl2NO2/c1-18(13-8-11(16)7-12(17)9-13)15(19)10-20-14-5-3-2-4-6-14/h2-9H,10H2,1H3. The second-order valence-electron chi connectivity index (χ2n) is 4.18. The van der Waals surface area contributed by atoms with Gasteiger partial charge in [-0.3, -0.25) is 4.79 Å². The van der Waals surface area contributed by atoms with Crippen LogP contribution in [-0.2, 0) is 4.79 Å². The third kappa shape index (κ3) is 3.89. The summed E-state index contributed by atoms with van der Waals surface area (Å²) in [4.78, 5) is 13.5. The summed E-state index contributed by atoms with van der Waals surface area (Å²) < 4.78 is 5.41. The lowest BCUT2D eigenvalue weighted by atomic mass is 10.3. The molecule has 3 nitrogen and oxygen atoms in total. The molecule has 0 aliphatic carbocycles. The van der Waals surface area contributed by atoms with E-state index in [1.807, 2.05) is 18.2 Å². The summed E-state index contributed by atoms with van der Waals surface area (Å²) in [6.45, 7) is -0.0509. The first-order valence-electron chi connectivity index (χ1n) is 5.97. The summed E-state index contributed by atoms with van der Waals surface area (Å²) in [5, 5.41) is 0.965. The van der Waals surface area contributed by atoms with Crippen molar-refractivity contribution in [1.29, 1.82) is 0 Å². The Hall–Kier alpha value is -1.71. The molecule has 0 radical (unpaired) electrons. The predicted molar refractivity (Wildman–Crippen MR) is 81.8 cm³/mol. The number of ether oxygens (including phenoxy) is 1. The molecule has 2 rings (SSSR count). The molecule has 0 bridgehead atoms. The van der Waals surface area contributed by atoms with Gasteiger partial charge in [0.05, 0.1) is 0 Å². The minimum Gasteiger partial charge on any atom is -0.484 e. The van der Waals surface area contributed by atoms with Gasteiger partial charge in [-0.2, -0.15) is 0 Å². The number of para-hydroxylation sites is 1. The van der Waals surface area contributed by atoms with Gasteiger partial charge < -0.3 is 9.64 Å². The molecule has 1 amide bonds. The highest BCUT2D eigenvalue weighted by Crippen LogP contribution is 2.24. The van der Waals surface area contributed by atoms with Crippen molar-refractivity contribution >= 4 is 34.8 Å². The van der Waals surface area contributed by atoms with Gasteiger partial charge in [-0.25, -0.2) is 0 Å². The minimum absolute atomic E-state index is 0.0509. The Morgan fingerprint density at radius 1 is 1.10 bits per heavy atom. The molecular weight excluding hydrogens is 297 g/mol. The van der Waals surface area contributed by atoms with E-state index in [4.69, 9.17) is 27.9 Å². The van der Waals surface area contributed by atoms with Gasteiger partial charge in [0.1, 0.15) is 5.75 Å². The van der Waals surface area contributed by atoms with Gasteiger partial charge in [-0.1, -0.05) is 41.4 Å². The lowest BCUT2D eigenvalue weighted by molar-refractivity contribution is -0.120. The van der Waals surface area contributed by atoms with Crippen LogP contribution in [0.1, 0.15) is 0 Å². The van der Waals surface area contributed by atoms with Gasteiger partial charge in [0, 0.05) is 22.8 Å². The smallest absolute Gasteiger partial charge is 0.264 e. The van der Waals surface area contributed by atoms with Crippen LogP contribution in [0.3, 0.4) is 0 Å². The molecule has 2 aromatic carbocycles. The van der Waals surface area contributed by atoms with E-state index in [-0.39, 0.29) is 12.5 Å². The first kappa shape index (κ1) is 14.7. The summed E-state index contributed by atoms with van der Waals surface area (Å²) in [6.07, 6.45) is 0. The molecule has 20 heavy (non-hydrogen) atoms. The number of nitrogens with zero attached hydrogens (tertiary/aromatic N) is 1. The van der Waals surface area contributed by atoms with E-state index in [1.165, 1.54) is 4.90 Å². The molecule has 0 unspecified atom stereocenters. The van der Waals surface area contributed by atoms with E-state index in [0.29, 0.717) is 21.5 Å². The molecule has 0 spiro atoms. The van der Waals surface area contributed by atoms with E-state index in [2.05, 4.69) is 0 Å². The van der Waals surface area contributed by atoms with E-state index < -0.39 is 0 Å². The van der Waals surface area contributed by atoms with Crippen LogP contribution in [-0.4, -0.2) is 19.6 Å². The van der Waals surface area contributed by atoms with E-state index >= 15 is 0 Å². The van der Waals surface area contributed by atoms with Gasteiger partial charge in [0.2, 0.25) is 0 Å². The molecule has 104 valence electrons. The predicted octanol–water partition coefficient (Wildman–Crippen LogP) is 4.04. The number of anilines is 1. The number of benzene rings is 2. The zero-order chi connectivity index (χ0) is 14.5. The van der Waals surface area contributed by atoms with Crippen LogP contribution in [0.4, 0.5) is 5.69 Å². The van der Waals surface area contributed by atoms with Crippen molar-refractivity contribution in [3.05, 3.63) is 58.6 Å². The molecular formula is C15H13Cl2NO2. The topological polar surface area (TPSA) is 29.5 Å². The first-order valence-corrected chi connectivity index (χ1v) is 6.72. The molecule has 5 heteroatoms. The van der Waals surface area contributed by atoms with Crippen molar-refractivity contribution in [1.82, 2.24) is 0 Å². The van der Waals surface area contributed by atoms with Crippen LogP contribution < -0.4 is 9.64 Å². The Kier molecular flexibility index (Phi) is 4.88. The van der Waals surface area contributed by atoms with Gasteiger partial charge >= 0.3 is 0 Å². The van der Waals surface area contributed by atoms with Crippen molar-refractivity contribution in [2.75, 3.05) is 18.6 Å². The second-order valence-corrected chi connectivity index (χ2v) is 5.06. The Balaban J connectivity index is 2.01. The monoisotopic (exact) mass is 309 g/mol. The molecule has 2 aromatic rings. The number of rotatable bonds is 4. The highest BCUT2D eigenvalue weighted by atomic mass is 35.5. The summed E-state index contributed by atoms with van der Waals surface area (Å²) in [6, 6.07) is 14.1. The Labute approximate surface area is 127 Å². The van der Waals surface area contributed by atoms with Crippen LogP contribution in [0.2, 0.25) is 10.0 Å². The highest BCUT2D eigenvalue weighted by molar-refractivity contribution is 6.35. The van der Waals surface area contributed by atoms with Gasteiger partial charge in [-0.15, -0.1) is 0 Å². The number of hydrogen-bond donors (Lipinski definition) is 0. The number of carbonyl (C=O) groups excluding carboxylic acids is 1. The molecule has 0 saturated heterocycles. The first-order chi connectivity index (χ1) is 9.56. The van der Waals surface area contributed by atoms with Crippen LogP contribution in [0.5, 0.6) is 5.75 Å². The molecule has 0 aliphatic rings. The maximum absolute atomic E-state index is 12.1. The Morgan fingerprint density at radius 2 is 1.70 bits per heavy atom. The maximum atomic E-state index is 12.1. The number of likely N-dealkylation sites (N-methyl/N-ethyl adjacent to an activating group) is 1. The molecule has 0 N–H and O–H groups in total. The summed E-state index contributed by atoms with van der Waals surface area (Å²) >= 11 is 11.8. The zero-order valence-corrected chi connectivity index (χ0v) is 12.4. The highest BCUT2D eigenvalue weighted by Gasteiger charge is 2.13. The van der Waals surface area contributed by atoms with Crippen molar-refractivity contribution in [3.63, 3.8) is 0 Å². The number of amides is 1. The van der Waals surface area contributed by atoms with Crippen molar-refractivity contribution in [2.24, 2.45) is 0 Å². The summed E-state index contributed by atoms with van der Waals surface area (Å²) in [5.41, 5.74) is 0.629. The molecule has 0 saturated carbocycles. The van der Waals surface area contributed by atoms with E-state index in [0.717, 1.165) is 0 Å². The minimum atomic E-state index is -0.188. The summed E-state index contributed by atoms with van der Waals surface area (Å²) in [5.74, 6) is 0.463. The van der Waals surface area contributed by atoms with Crippen molar-refractivity contribution in [3.8, 4) is 5.75 Å². The SMILES string of the molecule is CN(C(=O)COc1ccccc1)c1cc(Cl)cc(Cl)c1. The molecule has 0 atom stereocenters. The van der Waals surface area contributed by atoms with Crippen molar-refractivity contribution in [2.45, 2.75) is 0 Å². The van der Waals surface area contributed by atoms with Gasteiger partial charge in [-0.05, 0) is 30.3 Å². The third-order valence-electron chi connectivity index (χ3n) is 2.71. The normalized spacial score (nSPS) is 10.2. The fraction of sp³-hybridized carbons (Fsp3) is 0.133. The Morgan fingerprint density at radius 3 is 2.30 bits per heavy atom. The quantitative estimate of drug-likeness (QED) is 0.853. The fourth-order valence-electron chi connectivity index (χ4n) is 1.64. The number of carbonyl (C=O) groups is 1. The number of hydrogen-bond acceptors (Lipinski definition) is 2. The average Bonchev–Trinajstić information content (AvgIpc) is 2.44.